The van der Waals surface area contributed by atoms with Gasteiger partial charge in [0.05, 0.1) is 22.4 Å². The SMILES string of the molecule is Cc1csc2c(N3C[C@H]4C[C@@H](n5cccn5)[C@H](O)C[C@H]4C3)ncnc12. The van der Waals surface area contributed by atoms with Gasteiger partial charge in [-0.3, -0.25) is 4.68 Å². The Labute approximate surface area is 150 Å². The number of aryl methyl sites for hydroxylation is 1. The van der Waals surface area contributed by atoms with E-state index in [1.807, 2.05) is 16.9 Å². The van der Waals surface area contributed by atoms with Gasteiger partial charge in [-0.15, -0.1) is 11.3 Å². The van der Waals surface area contributed by atoms with E-state index in [4.69, 9.17) is 0 Å². The third-order valence-electron chi connectivity index (χ3n) is 5.79. The molecule has 7 heteroatoms. The number of aromatic nitrogens is 4. The minimum atomic E-state index is -0.324. The van der Waals surface area contributed by atoms with E-state index in [0.717, 1.165) is 37.3 Å². The maximum atomic E-state index is 10.6. The van der Waals surface area contributed by atoms with Crippen molar-refractivity contribution in [1.82, 2.24) is 19.7 Å². The normalized spacial score (nSPS) is 29.3. The lowest BCUT2D eigenvalue weighted by Gasteiger charge is -2.35. The van der Waals surface area contributed by atoms with Crippen LogP contribution in [0, 0.1) is 18.8 Å². The van der Waals surface area contributed by atoms with Gasteiger partial charge >= 0.3 is 0 Å². The second kappa shape index (κ2) is 5.78. The molecule has 0 spiro atoms. The fourth-order valence-electron chi connectivity index (χ4n) is 4.52. The first kappa shape index (κ1) is 15.3. The Bertz CT molecular complexity index is 892. The van der Waals surface area contributed by atoms with Crippen LogP contribution < -0.4 is 4.90 Å². The molecule has 3 aromatic heterocycles. The van der Waals surface area contributed by atoms with Crippen LogP contribution in [0.2, 0.25) is 0 Å². The van der Waals surface area contributed by atoms with E-state index in [0.29, 0.717) is 11.8 Å². The fraction of sp³-hybridized carbons (Fsp3) is 0.500. The van der Waals surface area contributed by atoms with Crippen LogP contribution in [-0.2, 0) is 0 Å². The summed E-state index contributed by atoms with van der Waals surface area (Å²) >= 11 is 1.73. The van der Waals surface area contributed by atoms with E-state index < -0.39 is 0 Å². The molecule has 4 atom stereocenters. The largest absolute Gasteiger partial charge is 0.391 e. The molecule has 2 fully saturated rings. The van der Waals surface area contributed by atoms with Crippen LogP contribution in [0.4, 0.5) is 5.82 Å². The molecule has 0 radical (unpaired) electrons. The highest BCUT2D eigenvalue weighted by Crippen LogP contribution is 2.43. The maximum Gasteiger partial charge on any atom is 0.150 e. The van der Waals surface area contributed by atoms with Gasteiger partial charge < -0.3 is 10.0 Å². The predicted octanol–water partition coefficient (Wildman–Crippen LogP) is 2.64. The van der Waals surface area contributed by atoms with Crippen molar-refractivity contribution in [2.75, 3.05) is 18.0 Å². The number of nitrogens with zero attached hydrogens (tertiary/aromatic N) is 5. The summed E-state index contributed by atoms with van der Waals surface area (Å²) in [5, 5.41) is 17.1. The van der Waals surface area contributed by atoms with Crippen LogP contribution >= 0.6 is 11.3 Å². The lowest BCUT2D eigenvalue weighted by Crippen LogP contribution is -2.36. The Morgan fingerprint density at radius 3 is 2.84 bits per heavy atom. The second-order valence-corrected chi connectivity index (χ2v) is 8.19. The standard InChI is InChI=1S/C18H21N5OS/c1-11-9-25-17-16(11)19-10-20-18(17)22-7-12-5-14(23-4-2-3-21-23)15(24)6-13(12)8-22/h2-4,9-10,12-15,24H,5-8H2,1H3/t12-,13+,14-,15-/m1/s1. The quantitative estimate of drug-likeness (QED) is 0.765. The summed E-state index contributed by atoms with van der Waals surface area (Å²) in [4.78, 5) is 11.4. The zero-order chi connectivity index (χ0) is 17.0. The van der Waals surface area contributed by atoms with Gasteiger partial charge in [-0.2, -0.15) is 5.10 Å². The summed E-state index contributed by atoms with van der Waals surface area (Å²) in [6, 6.07) is 2.02. The van der Waals surface area contributed by atoms with Crippen molar-refractivity contribution in [2.45, 2.75) is 31.9 Å². The topological polar surface area (TPSA) is 67.1 Å². The molecule has 6 nitrogen and oxygen atoms in total. The summed E-state index contributed by atoms with van der Waals surface area (Å²) in [5.41, 5.74) is 2.29. The molecular weight excluding hydrogens is 334 g/mol. The number of aliphatic hydroxyl groups excluding tert-OH is 1. The number of thiophene rings is 1. The monoisotopic (exact) mass is 355 g/mol. The molecule has 0 unspecified atom stereocenters. The molecule has 0 aromatic carbocycles. The van der Waals surface area contributed by atoms with Gasteiger partial charge in [0.15, 0.2) is 0 Å². The zero-order valence-electron chi connectivity index (χ0n) is 14.1. The van der Waals surface area contributed by atoms with Crippen LogP contribution in [0.5, 0.6) is 0 Å². The average molecular weight is 355 g/mol. The Hall–Kier alpha value is -1.99. The lowest BCUT2D eigenvalue weighted by atomic mass is 9.77. The summed E-state index contributed by atoms with van der Waals surface area (Å²) in [7, 11) is 0. The molecule has 1 aliphatic carbocycles. The van der Waals surface area contributed by atoms with E-state index in [-0.39, 0.29) is 12.1 Å². The van der Waals surface area contributed by atoms with Crippen molar-refractivity contribution in [3.8, 4) is 0 Å². The van der Waals surface area contributed by atoms with Crippen LogP contribution in [-0.4, -0.2) is 44.0 Å². The Balaban J connectivity index is 1.42. The molecule has 25 heavy (non-hydrogen) atoms. The molecule has 0 bridgehead atoms. The zero-order valence-corrected chi connectivity index (χ0v) is 14.9. The summed E-state index contributed by atoms with van der Waals surface area (Å²) in [6.07, 6.45) is 6.92. The molecule has 0 amide bonds. The first-order chi connectivity index (χ1) is 12.2. The molecule has 2 aliphatic rings. The van der Waals surface area contributed by atoms with Crippen LogP contribution in [0.3, 0.4) is 0 Å². The van der Waals surface area contributed by atoms with Crippen molar-refractivity contribution < 1.29 is 5.11 Å². The molecule has 1 saturated carbocycles. The molecule has 4 heterocycles. The molecule has 1 N–H and O–H groups in total. The van der Waals surface area contributed by atoms with Gasteiger partial charge in [0.1, 0.15) is 12.1 Å². The number of fused-ring (bicyclic) bond motifs is 2. The maximum absolute atomic E-state index is 10.6. The fourth-order valence-corrected chi connectivity index (χ4v) is 5.54. The Morgan fingerprint density at radius 2 is 2.04 bits per heavy atom. The lowest BCUT2D eigenvalue weighted by molar-refractivity contribution is 0.0306. The first-order valence-electron chi connectivity index (χ1n) is 8.81. The van der Waals surface area contributed by atoms with Crippen molar-refractivity contribution in [1.29, 1.82) is 0 Å². The number of anilines is 1. The summed E-state index contributed by atoms with van der Waals surface area (Å²) in [6.45, 7) is 4.07. The molecule has 5 rings (SSSR count). The van der Waals surface area contributed by atoms with Gasteiger partial charge in [0.2, 0.25) is 0 Å². The van der Waals surface area contributed by atoms with Crippen molar-refractivity contribution >= 4 is 27.4 Å². The van der Waals surface area contributed by atoms with E-state index >= 15 is 0 Å². The number of hydrogen-bond acceptors (Lipinski definition) is 6. The minimum absolute atomic E-state index is 0.0885. The minimum Gasteiger partial charge on any atom is -0.391 e. The van der Waals surface area contributed by atoms with Crippen LogP contribution in [0.25, 0.3) is 10.2 Å². The number of rotatable bonds is 2. The Morgan fingerprint density at radius 1 is 1.20 bits per heavy atom. The highest BCUT2D eigenvalue weighted by atomic mass is 32.1. The smallest absolute Gasteiger partial charge is 0.150 e. The summed E-state index contributed by atoms with van der Waals surface area (Å²) in [5.74, 6) is 2.15. The highest BCUT2D eigenvalue weighted by Gasteiger charge is 2.43. The van der Waals surface area contributed by atoms with Gasteiger partial charge in [-0.1, -0.05) is 0 Å². The Kier molecular flexibility index (Phi) is 3.53. The first-order valence-corrected chi connectivity index (χ1v) is 9.69. The average Bonchev–Trinajstić information content (AvgIpc) is 3.33. The second-order valence-electron chi connectivity index (χ2n) is 7.31. The highest BCUT2D eigenvalue weighted by molar-refractivity contribution is 7.18. The van der Waals surface area contributed by atoms with E-state index in [9.17, 15) is 5.11 Å². The summed E-state index contributed by atoms with van der Waals surface area (Å²) < 4.78 is 3.11. The van der Waals surface area contributed by atoms with E-state index in [2.05, 4.69) is 32.3 Å². The molecule has 130 valence electrons. The molecular formula is C18H21N5OS. The van der Waals surface area contributed by atoms with E-state index in [1.54, 1.807) is 23.9 Å². The van der Waals surface area contributed by atoms with Crippen LogP contribution in [0.15, 0.2) is 30.2 Å². The molecule has 1 saturated heterocycles. The van der Waals surface area contributed by atoms with Crippen LogP contribution in [0.1, 0.15) is 24.4 Å². The third kappa shape index (κ3) is 2.45. The van der Waals surface area contributed by atoms with E-state index in [1.165, 1.54) is 10.3 Å². The predicted molar refractivity (Wildman–Crippen MR) is 97.8 cm³/mol. The van der Waals surface area contributed by atoms with Crippen molar-refractivity contribution in [3.63, 3.8) is 0 Å². The molecule has 3 aromatic rings. The van der Waals surface area contributed by atoms with Crippen molar-refractivity contribution in [2.24, 2.45) is 11.8 Å². The third-order valence-corrected chi connectivity index (χ3v) is 6.87. The van der Waals surface area contributed by atoms with Gasteiger partial charge in [0, 0.05) is 25.5 Å². The molecule has 1 aliphatic heterocycles. The van der Waals surface area contributed by atoms with Gasteiger partial charge in [0.25, 0.3) is 0 Å². The van der Waals surface area contributed by atoms with Crippen molar-refractivity contribution in [3.05, 3.63) is 35.7 Å². The van der Waals surface area contributed by atoms with Gasteiger partial charge in [-0.05, 0) is 48.6 Å². The van der Waals surface area contributed by atoms with Gasteiger partial charge in [-0.25, -0.2) is 9.97 Å². The number of aliphatic hydroxyl groups is 1. The number of hydrogen-bond donors (Lipinski definition) is 1.